The quantitative estimate of drug-likeness (QED) is 0.553. The van der Waals surface area contributed by atoms with Gasteiger partial charge in [0.25, 0.3) is 0 Å². The van der Waals surface area contributed by atoms with Gasteiger partial charge in [-0.3, -0.25) is 4.99 Å². The van der Waals surface area contributed by atoms with Crippen molar-refractivity contribution >= 4 is 33.7 Å². The zero-order valence-electron chi connectivity index (χ0n) is 13.9. The van der Waals surface area contributed by atoms with Crippen molar-refractivity contribution < 1.29 is 0 Å². The third-order valence-corrected chi connectivity index (χ3v) is 4.47. The highest BCUT2D eigenvalue weighted by Gasteiger charge is 2.09. The Balaban J connectivity index is 1.74. The third-order valence-electron chi connectivity index (χ3n) is 3.66. The molecular weight excluding hydrogens is 318 g/mol. The standard InChI is InChI=1S/C18H21N5S/c1-23(2)10-3-9-20-12-13-4-6-14(7-5-13)16-15-8-11-24-17(15)22-18(19)21-16/h4-8,11-12H,3,9-10H2,1-2H3,(H2,19,21,22)/b20-12-. The van der Waals surface area contributed by atoms with Gasteiger partial charge >= 0.3 is 0 Å². The average molecular weight is 339 g/mol. The van der Waals surface area contributed by atoms with Gasteiger partial charge < -0.3 is 10.6 Å². The molecule has 6 heteroatoms. The van der Waals surface area contributed by atoms with E-state index in [0.717, 1.165) is 46.5 Å². The van der Waals surface area contributed by atoms with Crippen molar-refractivity contribution in [2.75, 3.05) is 32.9 Å². The summed E-state index contributed by atoms with van der Waals surface area (Å²) in [7, 11) is 4.15. The first-order chi connectivity index (χ1) is 11.6. The number of aliphatic imine (C=N–C) groups is 1. The summed E-state index contributed by atoms with van der Waals surface area (Å²) in [5.41, 5.74) is 8.84. The number of benzene rings is 1. The average Bonchev–Trinajstić information content (AvgIpc) is 3.02. The number of nitrogen functional groups attached to an aromatic ring is 1. The van der Waals surface area contributed by atoms with Gasteiger partial charge in [-0.15, -0.1) is 11.3 Å². The summed E-state index contributed by atoms with van der Waals surface area (Å²) < 4.78 is 0. The fourth-order valence-electron chi connectivity index (χ4n) is 2.47. The van der Waals surface area contributed by atoms with Gasteiger partial charge in [-0.1, -0.05) is 24.3 Å². The van der Waals surface area contributed by atoms with Crippen molar-refractivity contribution in [2.24, 2.45) is 4.99 Å². The molecule has 124 valence electrons. The van der Waals surface area contributed by atoms with Gasteiger partial charge in [0.05, 0.1) is 5.69 Å². The van der Waals surface area contributed by atoms with E-state index in [2.05, 4.69) is 58.2 Å². The van der Waals surface area contributed by atoms with Crippen LogP contribution in [-0.2, 0) is 0 Å². The first kappa shape index (κ1) is 16.5. The second-order valence-corrected chi connectivity index (χ2v) is 6.78. The molecule has 0 aliphatic carbocycles. The number of nitrogens with two attached hydrogens (primary N) is 1. The molecule has 0 unspecified atom stereocenters. The van der Waals surface area contributed by atoms with Crippen LogP contribution in [0.5, 0.6) is 0 Å². The monoisotopic (exact) mass is 339 g/mol. The zero-order chi connectivity index (χ0) is 16.9. The van der Waals surface area contributed by atoms with E-state index in [4.69, 9.17) is 5.73 Å². The van der Waals surface area contributed by atoms with Crippen molar-refractivity contribution in [3.8, 4) is 11.3 Å². The van der Waals surface area contributed by atoms with E-state index in [9.17, 15) is 0 Å². The molecule has 3 aromatic rings. The van der Waals surface area contributed by atoms with Gasteiger partial charge in [-0.2, -0.15) is 0 Å². The van der Waals surface area contributed by atoms with E-state index in [1.807, 2.05) is 17.7 Å². The van der Waals surface area contributed by atoms with Crippen LogP contribution in [0.3, 0.4) is 0 Å². The first-order valence-corrected chi connectivity index (χ1v) is 8.77. The van der Waals surface area contributed by atoms with Crippen LogP contribution in [-0.4, -0.2) is 48.3 Å². The molecule has 0 saturated heterocycles. The Labute approximate surface area is 145 Å². The third kappa shape index (κ3) is 3.96. The predicted octanol–water partition coefficient (Wildman–Crippen LogP) is 3.31. The fraction of sp³-hybridized carbons (Fsp3) is 0.278. The summed E-state index contributed by atoms with van der Waals surface area (Å²) in [6.07, 6.45) is 2.99. The molecule has 24 heavy (non-hydrogen) atoms. The molecule has 1 aromatic carbocycles. The van der Waals surface area contributed by atoms with Gasteiger partial charge in [0.2, 0.25) is 5.95 Å². The SMILES string of the molecule is CN(C)CCC/N=C\c1ccc(-c2nc(N)nc3sccc23)cc1. The molecule has 3 rings (SSSR count). The lowest BCUT2D eigenvalue weighted by molar-refractivity contribution is 0.403. The van der Waals surface area contributed by atoms with Gasteiger partial charge in [-0.05, 0) is 44.1 Å². The lowest BCUT2D eigenvalue weighted by Gasteiger charge is -2.06. The molecule has 2 N–H and O–H groups in total. The van der Waals surface area contributed by atoms with E-state index < -0.39 is 0 Å². The summed E-state index contributed by atoms with van der Waals surface area (Å²) >= 11 is 1.58. The minimum absolute atomic E-state index is 0.312. The Kier molecular flexibility index (Phi) is 5.17. The highest BCUT2D eigenvalue weighted by Crippen LogP contribution is 2.29. The van der Waals surface area contributed by atoms with Gasteiger partial charge in [0, 0.05) is 23.7 Å². The summed E-state index contributed by atoms with van der Waals surface area (Å²) in [5.74, 6) is 0.312. The van der Waals surface area contributed by atoms with Gasteiger partial charge in [-0.25, -0.2) is 9.97 Å². The molecule has 0 fully saturated rings. The van der Waals surface area contributed by atoms with E-state index in [1.54, 1.807) is 11.3 Å². The molecule has 2 heterocycles. The van der Waals surface area contributed by atoms with Crippen LogP contribution in [0.15, 0.2) is 40.7 Å². The Morgan fingerprint density at radius 3 is 2.71 bits per heavy atom. The van der Waals surface area contributed by atoms with Crippen LogP contribution in [0.2, 0.25) is 0 Å². The highest BCUT2D eigenvalue weighted by atomic mass is 32.1. The predicted molar refractivity (Wildman–Crippen MR) is 103 cm³/mol. The molecule has 0 aliphatic rings. The van der Waals surface area contributed by atoms with Crippen LogP contribution in [0, 0.1) is 0 Å². The molecule has 0 bridgehead atoms. The smallest absolute Gasteiger partial charge is 0.221 e. The lowest BCUT2D eigenvalue weighted by atomic mass is 10.1. The number of nitrogens with zero attached hydrogens (tertiary/aromatic N) is 4. The lowest BCUT2D eigenvalue weighted by Crippen LogP contribution is -2.13. The first-order valence-electron chi connectivity index (χ1n) is 7.89. The maximum absolute atomic E-state index is 5.83. The van der Waals surface area contributed by atoms with Crippen LogP contribution in [0.4, 0.5) is 5.95 Å². The maximum atomic E-state index is 5.83. The van der Waals surface area contributed by atoms with Crippen LogP contribution in [0.25, 0.3) is 21.5 Å². The number of hydrogen-bond donors (Lipinski definition) is 1. The van der Waals surface area contributed by atoms with Crippen molar-refractivity contribution in [1.82, 2.24) is 14.9 Å². The fourth-order valence-corrected chi connectivity index (χ4v) is 3.24. The number of aromatic nitrogens is 2. The minimum atomic E-state index is 0.312. The van der Waals surface area contributed by atoms with E-state index in [0.29, 0.717) is 5.95 Å². The van der Waals surface area contributed by atoms with E-state index in [-0.39, 0.29) is 0 Å². The molecule has 0 amide bonds. The van der Waals surface area contributed by atoms with Crippen LogP contribution < -0.4 is 5.73 Å². The largest absolute Gasteiger partial charge is 0.368 e. The molecule has 0 saturated carbocycles. The molecule has 0 radical (unpaired) electrons. The number of thiophene rings is 1. The molecule has 0 atom stereocenters. The summed E-state index contributed by atoms with van der Waals surface area (Å²) in [6, 6.07) is 10.3. The minimum Gasteiger partial charge on any atom is -0.368 e. The van der Waals surface area contributed by atoms with Gasteiger partial charge in [0.1, 0.15) is 4.83 Å². The van der Waals surface area contributed by atoms with Crippen LogP contribution >= 0.6 is 11.3 Å². The molecule has 5 nitrogen and oxygen atoms in total. The molecular formula is C18H21N5S. The van der Waals surface area contributed by atoms with Crippen LogP contribution in [0.1, 0.15) is 12.0 Å². The maximum Gasteiger partial charge on any atom is 0.221 e. The highest BCUT2D eigenvalue weighted by molar-refractivity contribution is 7.16. The van der Waals surface area contributed by atoms with Crippen molar-refractivity contribution in [3.05, 3.63) is 41.3 Å². The second kappa shape index (κ2) is 7.51. The number of hydrogen-bond acceptors (Lipinski definition) is 6. The molecule has 0 spiro atoms. The summed E-state index contributed by atoms with van der Waals surface area (Å²) in [5, 5.41) is 3.05. The molecule has 2 aromatic heterocycles. The van der Waals surface area contributed by atoms with Crippen molar-refractivity contribution in [2.45, 2.75) is 6.42 Å². The normalized spacial score (nSPS) is 11.8. The number of fused-ring (bicyclic) bond motifs is 1. The zero-order valence-corrected chi connectivity index (χ0v) is 14.8. The Morgan fingerprint density at radius 2 is 1.96 bits per heavy atom. The topological polar surface area (TPSA) is 67.4 Å². The molecule has 0 aliphatic heterocycles. The Morgan fingerprint density at radius 1 is 1.17 bits per heavy atom. The Bertz CT molecular complexity index is 836. The summed E-state index contributed by atoms with van der Waals surface area (Å²) in [4.78, 5) is 16.2. The van der Waals surface area contributed by atoms with E-state index in [1.165, 1.54) is 0 Å². The van der Waals surface area contributed by atoms with E-state index >= 15 is 0 Å². The number of rotatable bonds is 6. The Hall–Kier alpha value is -2.31. The van der Waals surface area contributed by atoms with Gasteiger partial charge in [0.15, 0.2) is 0 Å². The van der Waals surface area contributed by atoms with Crippen molar-refractivity contribution in [1.29, 1.82) is 0 Å². The second-order valence-electron chi connectivity index (χ2n) is 5.88. The number of anilines is 1. The summed E-state index contributed by atoms with van der Waals surface area (Å²) in [6.45, 7) is 1.90. The van der Waals surface area contributed by atoms with Crippen molar-refractivity contribution in [3.63, 3.8) is 0 Å².